The zero-order chi connectivity index (χ0) is 24.8. The van der Waals surface area contributed by atoms with Gasteiger partial charge in [-0.15, -0.1) is 11.3 Å². The highest BCUT2D eigenvalue weighted by atomic mass is 32.1. The fourth-order valence-electron chi connectivity index (χ4n) is 3.23. The van der Waals surface area contributed by atoms with E-state index >= 15 is 0 Å². The standard InChI is InChI=1S/C24H24F3N3O3S/c1-4-12-30(13-19(31)29-18-11-10-17(25)20(26)21(18)27)24(32)22-14(3)28-23(34-22)15-6-8-16(9-7-15)33-5-2/h6-11H,4-5,12-13H2,1-3H3,(H,29,31). The van der Waals surface area contributed by atoms with Crippen LogP contribution in [-0.4, -0.2) is 41.4 Å². The molecule has 3 aromatic rings. The third-order valence-electron chi connectivity index (χ3n) is 4.83. The van der Waals surface area contributed by atoms with Crippen molar-refractivity contribution in [2.24, 2.45) is 0 Å². The Morgan fingerprint density at radius 2 is 1.76 bits per heavy atom. The predicted molar refractivity (Wildman–Crippen MR) is 125 cm³/mol. The number of hydrogen-bond acceptors (Lipinski definition) is 5. The zero-order valence-electron chi connectivity index (χ0n) is 19.0. The molecule has 3 rings (SSSR count). The van der Waals surface area contributed by atoms with Crippen LogP contribution in [0.3, 0.4) is 0 Å². The lowest BCUT2D eigenvalue weighted by molar-refractivity contribution is -0.116. The molecule has 1 heterocycles. The lowest BCUT2D eigenvalue weighted by Gasteiger charge is -2.21. The van der Waals surface area contributed by atoms with Gasteiger partial charge in [-0.2, -0.15) is 0 Å². The van der Waals surface area contributed by atoms with Crippen LogP contribution in [0.1, 0.15) is 35.6 Å². The molecule has 0 unspecified atom stereocenters. The van der Waals surface area contributed by atoms with Crippen molar-refractivity contribution >= 4 is 28.8 Å². The van der Waals surface area contributed by atoms with E-state index in [1.807, 2.05) is 38.1 Å². The fraction of sp³-hybridized carbons (Fsp3) is 0.292. The highest BCUT2D eigenvalue weighted by Crippen LogP contribution is 2.30. The fourth-order valence-corrected chi connectivity index (χ4v) is 4.27. The molecule has 2 amide bonds. The minimum absolute atomic E-state index is 0.266. The van der Waals surface area contributed by atoms with Crippen LogP contribution in [0.15, 0.2) is 36.4 Å². The number of benzene rings is 2. The number of rotatable bonds is 9. The Morgan fingerprint density at radius 3 is 2.41 bits per heavy atom. The van der Waals surface area contributed by atoms with Gasteiger partial charge in [0.1, 0.15) is 22.2 Å². The Hall–Kier alpha value is -3.40. The molecule has 0 radical (unpaired) electrons. The minimum atomic E-state index is -1.68. The quantitative estimate of drug-likeness (QED) is 0.406. The highest BCUT2D eigenvalue weighted by Gasteiger charge is 2.24. The zero-order valence-corrected chi connectivity index (χ0v) is 19.8. The first-order chi connectivity index (χ1) is 16.2. The van der Waals surface area contributed by atoms with Crippen molar-refractivity contribution in [1.29, 1.82) is 0 Å². The number of halogens is 3. The largest absolute Gasteiger partial charge is 0.494 e. The summed E-state index contributed by atoms with van der Waals surface area (Å²) in [6.07, 6.45) is 0.572. The summed E-state index contributed by atoms with van der Waals surface area (Å²) in [5, 5.41) is 2.84. The van der Waals surface area contributed by atoms with E-state index in [1.165, 1.54) is 16.2 Å². The Balaban J connectivity index is 1.76. The van der Waals surface area contributed by atoms with Gasteiger partial charge >= 0.3 is 0 Å². The second-order valence-corrected chi connectivity index (χ2v) is 8.39. The van der Waals surface area contributed by atoms with Gasteiger partial charge in [-0.1, -0.05) is 6.92 Å². The van der Waals surface area contributed by atoms with E-state index in [9.17, 15) is 22.8 Å². The smallest absolute Gasteiger partial charge is 0.266 e. The van der Waals surface area contributed by atoms with Crippen molar-refractivity contribution in [2.75, 3.05) is 25.0 Å². The van der Waals surface area contributed by atoms with E-state index in [1.54, 1.807) is 6.92 Å². The third-order valence-corrected chi connectivity index (χ3v) is 6.02. The number of amides is 2. The predicted octanol–water partition coefficient (Wildman–Crippen LogP) is 5.43. The van der Waals surface area contributed by atoms with Crippen molar-refractivity contribution < 1.29 is 27.5 Å². The Kier molecular flexibility index (Phi) is 8.27. The van der Waals surface area contributed by atoms with Crippen LogP contribution >= 0.6 is 11.3 Å². The van der Waals surface area contributed by atoms with Crippen LogP contribution in [-0.2, 0) is 4.79 Å². The Bertz CT molecular complexity index is 1180. The lowest BCUT2D eigenvalue weighted by Crippen LogP contribution is -2.38. The molecule has 0 saturated carbocycles. The maximum absolute atomic E-state index is 13.9. The normalized spacial score (nSPS) is 10.8. The molecule has 0 fully saturated rings. The molecule has 0 aliphatic heterocycles. The molecule has 0 spiro atoms. The molecule has 1 N–H and O–H groups in total. The summed E-state index contributed by atoms with van der Waals surface area (Å²) < 4.78 is 45.9. The number of anilines is 1. The summed E-state index contributed by atoms with van der Waals surface area (Å²) >= 11 is 1.21. The summed E-state index contributed by atoms with van der Waals surface area (Å²) in [7, 11) is 0. The second-order valence-electron chi connectivity index (χ2n) is 7.39. The van der Waals surface area contributed by atoms with Crippen molar-refractivity contribution in [2.45, 2.75) is 27.2 Å². The number of ether oxygens (including phenoxy) is 1. The molecule has 0 bridgehead atoms. The summed E-state index contributed by atoms with van der Waals surface area (Å²) in [4.78, 5) is 31.9. The van der Waals surface area contributed by atoms with Crippen molar-refractivity contribution in [3.05, 3.63) is 64.4 Å². The van der Waals surface area contributed by atoms with Crippen molar-refractivity contribution in [1.82, 2.24) is 9.88 Å². The first kappa shape index (κ1) is 25.2. The Labute approximate surface area is 199 Å². The molecule has 0 aliphatic carbocycles. The van der Waals surface area contributed by atoms with Crippen LogP contribution in [0.5, 0.6) is 5.75 Å². The average molecular weight is 492 g/mol. The maximum Gasteiger partial charge on any atom is 0.266 e. The molecule has 2 aromatic carbocycles. The van der Waals surface area contributed by atoms with E-state index in [-0.39, 0.29) is 13.1 Å². The van der Waals surface area contributed by atoms with Crippen molar-refractivity contribution in [3.63, 3.8) is 0 Å². The molecule has 180 valence electrons. The molecule has 10 heteroatoms. The SMILES string of the molecule is CCCN(CC(=O)Nc1ccc(F)c(F)c1F)C(=O)c1sc(-c2ccc(OCC)cc2)nc1C. The molecule has 0 aliphatic rings. The van der Waals surface area contributed by atoms with Gasteiger partial charge in [0.15, 0.2) is 17.5 Å². The molecular formula is C24H24F3N3O3S. The van der Waals surface area contributed by atoms with Gasteiger partial charge < -0.3 is 15.0 Å². The highest BCUT2D eigenvalue weighted by molar-refractivity contribution is 7.17. The van der Waals surface area contributed by atoms with E-state index < -0.39 is 35.0 Å². The van der Waals surface area contributed by atoms with Gasteiger partial charge in [0.25, 0.3) is 5.91 Å². The van der Waals surface area contributed by atoms with Crippen LogP contribution in [0.2, 0.25) is 0 Å². The first-order valence-corrected chi connectivity index (χ1v) is 11.5. The van der Waals surface area contributed by atoms with Gasteiger partial charge in [-0.25, -0.2) is 18.2 Å². The number of aromatic nitrogens is 1. The maximum atomic E-state index is 13.9. The average Bonchev–Trinajstić information content (AvgIpc) is 3.21. The summed E-state index contributed by atoms with van der Waals surface area (Å²) in [6, 6.07) is 8.99. The van der Waals surface area contributed by atoms with E-state index in [0.717, 1.165) is 17.4 Å². The van der Waals surface area contributed by atoms with Gasteiger partial charge in [0.2, 0.25) is 5.91 Å². The van der Waals surface area contributed by atoms with Gasteiger partial charge in [0.05, 0.1) is 18.0 Å². The molecule has 34 heavy (non-hydrogen) atoms. The molecule has 0 saturated heterocycles. The van der Waals surface area contributed by atoms with Crippen molar-refractivity contribution in [3.8, 4) is 16.3 Å². The number of carbonyl (C=O) groups is 2. The first-order valence-electron chi connectivity index (χ1n) is 10.7. The van der Waals surface area contributed by atoms with Gasteiger partial charge in [-0.3, -0.25) is 9.59 Å². The van der Waals surface area contributed by atoms with Crippen LogP contribution in [0, 0.1) is 24.4 Å². The van der Waals surface area contributed by atoms with Gasteiger partial charge in [-0.05, 0) is 56.7 Å². The van der Waals surface area contributed by atoms with Crippen LogP contribution in [0.25, 0.3) is 10.6 Å². The number of nitrogens with one attached hydrogen (secondary N) is 1. The number of nitrogens with zero attached hydrogens (tertiary/aromatic N) is 2. The summed E-state index contributed by atoms with van der Waals surface area (Å²) in [6.45, 7) is 5.88. The van der Waals surface area contributed by atoms with Crippen LogP contribution in [0.4, 0.5) is 18.9 Å². The van der Waals surface area contributed by atoms with Gasteiger partial charge in [0, 0.05) is 12.1 Å². The topological polar surface area (TPSA) is 71.5 Å². The minimum Gasteiger partial charge on any atom is -0.494 e. The Morgan fingerprint density at radius 1 is 1.06 bits per heavy atom. The molecular weight excluding hydrogens is 467 g/mol. The number of thiazole rings is 1. The summed E-state index contributed by atoms with van der Waals surface area (Å²) in [5.41, 5.74) is 0.843. The number of hydrogen-bond donors (Lipinski definition) is 1. The van der Waals surface area contributed by atoms with E-state index in [4.69, 9.17) is 4.74 Å². The number of carbonyl (C=O) groups excluding carboxylic acids is 2. The third kappa shape index (κ3) is 5.74. The summed E-state index contributed by atoms with van der Waals surface area (Å²) in [5.74, 6) is -4.94. The molecule has 6 nitrogen and oxygen atoms in total. The lowest BCUT2D eigenvalue weighted by atomic mass is 10.2. The monoisotopic (exact) mass is 491 g/mol. The molecule has 0 atom stereocenters. The molecule has 1 aromatic heterocycles. The van der Waals surface area contributed by atoms with Crippen LogP contribution < -0.4 is 10.1 Å². The number of aryl methyl sites for hydroxylation is 1. The van der Waals surface area contributed by atoms with E-state index in [2.05, 4.69) is 10.3 Å². The van der Waals surface area contributed by atoms with E-state index in [0.29, 0.717) is 34.7 Å². The second kappa shape index (κ2) is 11.1.